The van der Waals surface area contributed by atoms with Crippen LogP contribution in [0.25, 0.3) is 0 Å². The molecule has 1 aliphatic rings. The Bertz CT molecular complexity index is 209. The Morgan fingerprint density at radius 1 is 1.20 bits per heavy atom. The fourth-order valence-electron chi connectivity index (χ4n) is 2.14. The molecule has 2 N–H and O–H groups in total. The average molecular weight is 211 g/mol. The minimum Gasteiger partial charge on any atom is -0.328 e. The van der Waals surface area contributed by atoms with Gasteiger partial charge in [-0.3, -0.25) is 4.79 Å². The van der Waals surface area contributed by atoms with Gasteiger partial charge in [-0.15, -0.1) is 0 Å². The number of hydrogen-bond donors (Lipinski definition) is 1. The summed E-state index contributed by atoms with van der Waals surface area (Å²) in [6.07, 6.45) is 5.87. The number of Topliss-reactive ketones (excluding diaryl/α,β-unsaturated/α-hetero) is 1. The van der Waals surface area contributed by atoms with Crippen molar-refractivity contribution >= 4 is 5.78 Å². The van der Waals surface area contributed by atoms with Gasteiger partial charge in [-0.25, -0.2) is 0 Å². The summed E-state index contributed by atoms with van der Waals surface area (Å²) in [5.74, 6) is 0.781. The molecule has 88 valence electrons. The first kappa shape index (κ1) is 12.7. The van der Waals surface area contributed by atoms with Gasteiger partial charge in [-0.1, -0.05) is 20.8 Å². The summed E-state index contributed by atoms with van der Waals surface area (Å²) in [5, 5.41) is 0. The summed E-state index contributed by atoms with van der Waals surface area (Å²) >= 11 is 0. The minimum absolute atomic E-state index is 0.279. The van der Waals surface area contributed by atoms with Crippen LogP contribution in [-0.2, 0) is 4.79 Å². The second-order valence-electron chi connectivity index (χ2n) is 6.14. The van der Waals surface area contributed by atoms with E-state index in [0.29, 0.717) is 17.7 Å². The fraction of sp³-hybridized carbons (Fsp3) is 0.923. The number of carbonyl (C=O) groups is 1. The van der Waals surface area contributed by atoms with E-state index in [1.807, 2.05) is 0 Å². The summed E-state index contributed by atoms with van der Waals surface area (Å²) < 4.78 is 0. The Morgan fingerprint density at radius 2 is 1.73 bits per heavy atom. The lowest BCUT2D eigenvalue weighted by atomic mass is 9.80. The molecule has 0 bridgehead atoms. The predicted octanol–water partition coefficient (Wildman–Crippen LogP) is 2.90. The van der Waals surface area contributed by atoms with Gasteiger partial charge in [0.25, 0.3) is 0 Å². The molecule has 15 heavy (non-hydrogen) atoms. The number of ketones is 1. The molecule has 0 amide bonds. The molecule has 2 nitrogen and oxygen atoms in total. The Morgan fingerprint density at radius 3 is 2.20 bits per heavy atom. The Hall–Kier alpha value is -0.370. The lowest BCUT2D eigenvalue weighted by Crippen LogP contribution is -2.30. The molecule has 0 aromatic carbocycles. The van der Waals surface area contributed by atoms with Crippen LogP contribution in [0.5, 0.6) is 0 Å². The van der Waals surface area contributed by atoms with Crippen molar-refractivity contribution in [3.8, 4) is 0 Å². The van der Waals surface area contributed by atoms with E-state index in [1.165, 1.54) is 0 Å². The Labute approximate surface area is 93.6 Å². The molecule has 0 aromatic rings. The van der Waals surface area contributed by atoms with E-state index in [2.05, 4.69) is 20.8 Å². The summed E-state index contributed by atoms with van der Waals surface area (Å²) in [6.45, 7) is 6.57. The highest BCUT2D eigenvalue weighted by atomic mass is 16.1. The molecular weight excluding hydrogens is 186 g/mol. The van der Waals surface area contributed by atoms with Crippen LogP contribution in [0.4, 0.5) is 0 Å². The van der Waals surface area contributed by atoms with E-state index in [4.69, 9.17) is 5.73 Å². The number of nitrogens with two attached hydrogens (primary N) is 1. The third-order valence-electron chi connectivity index (χ3n) is 3.35. The van der Waals surface area contributed by atoms with Crippen LogP contribution in [-0.4, -0.2) is 11.8 Å². The first-order chi connectivity index (χ1) is 6.88. The Balaban J connectivity index is 2.29. The molecule has 2 heteroatoms. The van der Waals surface area contributed by atoms with Gasteiger partial charge in [-0.2, -0.15) is 0 Å². The lowest BCUT2D eigenvalue weighted by Gasteiger charge is -2.26. The van der Waals surface area contributed by atoms with Crippen molar-refractivity contribution in [2.24, 2.45) is 17.1 Å². The number of carbonyl (C=O) groups excluding carboxylic acids is 1. The van der Waals surface area contributed by atoms with Gasteiger partial charge in [0.1, 0.15) is 5.78 Å². The summed E-state index contributed by atoms with van der Waals surface area (Å²) in [7, 11) is 0. The van der Waals surface area contributed by atoms with Gasteiger partial charge in [0, 0.05) is 18.4 Å². The van der Waals surface area contributed by atoms with Crippen molar-refractivity contribution in [1.82, 2.24) is 0 Å². The van der Waals surface area contributed by atoms with Crippen LogP contribution in [0.15, 0.2) is 0 Å². The van der Waals surface area contributed by atoms with Crippen molar-refractivity contribution in [1.29, 1.82) is 0 Å². The highest BCUT2D eigenvalue weighted by Gasteiger charge is 2.25. The van der Waals surface area contributed by atoms with Crippen molar-refractivity contribution in [2.75, 3.05) is 0 Å². The summed E-state index contributed by atoms with van der Waals surface area (Å²) in [6, 6.07) is 0.344. The topological polar surface area (TPSA) is 43.1 Å². The van der Waals surface area contributed by atoms with Gasteiger partial charge >= 0.3 is 0 Å². The highest BCUT2D eigenvalue weighted by molar-refractivity contribution is 5.81. The monoisotopic (exact) mass is 211 g/mol. The van der Waals surface area contributed by atoms with E-state index in [0.717, 1.165) is 38.5 Å². The van der Waals surface area contributed by atoms with Gasteiger partial charge < -0.3 is 5.73 Å². The highest BCUT2D eigenvalue weighted by Crippen LogP contribution is 2.28. The van der Waals surface area contributed by atoms with Gasteiger partial charge in [0.15, 0.2) is 0 Å². The smallest absolute Gasteiger partial charge is 0.135 e. The zero-order chi connectivity index (χ0) is 11.5. The molecule has 0 saturated heterocycles. The minimum atomic E-state index is 0.279. The molecule has 1 fully saturated rings. The van der Waals surface area contributed by atoms with Crippen LogP contribution in [0.3, 0.4) is 0 Å². The van der Waals surface area contributed by atoms with E-state index >= 15 is 0 Å². The van der Waals surface area contributed by atoms with Crippen molar-refractivity contribution in [3.63, 3.8) is 0 Å². The third-order valence-corrected chi connectivity index (χ3v) is 3.35. The van der Waals surface area contributed by atoms with Crippen LogP contribution in [0.2, 0.25) is 0 Å². The molecule has 0 aromatic heterocycles. The molecule has 0 atom stereocenters. The van der Waals surface area contributed by atoms with Gasteiger partial charge in [0.2, 0.25) is 0 Å². The predicted molar refractivity (Wildman–Crippen MR) is 63.6 cm³/mol. The van der Waals surface area contributed by atoms with Crippen LogP contribution in [0.1, 0.15) is 59.3 Å². The molecule has 1 saturated carbocycles. The van der Waals surface area contributed by atoms with Crippen LogP contribution >= 0.6 is 0 Å². The maximum Gasteiger partial charge on any atom is 0.135 e. The Kier molecular flexibility index (Phi) is 4.32. The lowest BCUT2D eigenvalue weighted by molar-refractivity contribution is -0.124. The van der Waals surface area contributed by atoms with Gasteiger partial charge in [0.05, 0.1) is 0 Å². The van der Waals surface area contributed by atoms with E-state index < -0.39 is 0 Å². The zero-order valence-electron chi connectivity index (χ0n) is 10.4. The second-order valence-corrected chi connectivity index (χ2v) is 6.14. The first-order valence-corrected chi connectivity index (χ1v) is 6.17. The molecular formula is C13H25NO. The second kappa shape index (κ2) is 5.11. The molecule has 0 radical (unpaired) electrons. The number of rotatable bonds is 3. The molecule has 0 aliphatic heterocycles. The van der Waals surface area contributed by atoms with E-state index in [9.17, 15) is 4.79 Å². The largest absolute Gasteiger partial charge is 0.328 e. The third kappa shape index (κ3) is 4.78. The van der Waals surface area contributed by atoms with Crippen LogP contribution in [0, 0.1) is 11.3 Å². The quantitative estimate of drug-likeness (QED) is 0.780. The average Bonchev–Trinajstić information content (AvgIpc) is 2.14. The molecule has 1 aliphatic carbocycles. The molecule has 0 unspecified atom stereocenters. The van der Waals surface area contributed by atoms with Crippen molar-refractivity contribution in [3.05, 3.63) is 0 Å². The van der Waals surface area contributed by atoms with Crippen LogP contribution < -0.4 is 5.73 Å². The maximum absolute atomic E-state index is 11.9. The molecule has 0 spiro atoms. The normalized spacial score (nSPS) is 27.7. The fourth-order valence-corrected chi connectivity index (χ4v) is 2.14. The summed E-state index contributed by atoms with van der Waals surface area (Å²) in [4.78, 5) is 11.9. The van der Waals surface area contributed by atoms with E-state index in [1.54, 1.807) is 0 Å². The maximum atomic E-state index is 11.9. The number of hydrogen-bond acceptors (Lipinski definition) is 2. The van der Waals surface area contributed by atoms with Crippen molar-refractivity contribution < 1.29 is 4.79 Å². The zero-order valence-corrected chi connectivity index (χ0v) is 10.4. The molecule has 0 heterocycles. The molecule has 1 rings (SSSR count). The van der Waals surface area contributed by atoms with Crippen molar-refractivity contribution in [2.45, 2.75) is 65.3 Å². The SMILES string of the molecule is CC(C)(C)CCC(=O)C1CCC(N)CC1. The summed E-state index contributed by atoms with van der Waals surface area (Å²) in [5.41, 5.74) is 6.11. The van der Waals surface area contributed by atoms with Gasteiger partial charge in [-0.05, 0) is 37.5 Å². The first-order valence-electron chi connectivity index (χ1n) is 6.17. The standard InChI is InChI=1S/C13H25NO/c1-13(2,3)9-8-12(15)10-4-6-11(14)7-5-10/h10-11H,4-9,14H2,1-3H3. The van der Waals surface area contributed by atoms with E-state index in [-0.39, 0.29) is 5.41 Å².